The minimum absolute atomic E-state index is 0.0705. The first kappa shape index (κ1) is 28.5. The number of β-amino-alcohol motifs (C(OH)–C–C–N with tert-alkyl or cyclic N) is 1. The lowest BCUT2D eigenvalue weighted by molar-refractivity contribution is 0.0938. The molecule has 0 aliphatic heterocycles. The highest BCUT2D eigenvalue weighted by atomic mass is 16.5. The number of primary amides is 1. The van der Waals surface area contributed by atoms with Crippen molar-refractivity contribution in [1.82, 2.24) is 15.1 Å². The van der Waals surface area contributed by atoms with Crippen LogP contribution in [0.2, 0.25) is 0 Å². The van der Waals surface area contributed by atoms with Crippen molar-refractivity contribution in [2.45, 2.75) is 38.3 Å². The van der Waals surface area contributed by atoms with E-state index in [0.717, 1.165) is 18.4 Å². The predicted molar refractivity (Wildman–Crippen MR) is 152 cm³/mol. The van der Waals surface area contributed by atoms with Gasteiger partial charge in [-0.15, -0.1) is 0 Å². The van der Waals surface area contributed by atoms with Gasteiger partial charge >= 0.3 is 0 Å². The molecule has 3 aromatic carbocycles. The van der Waals surface area contributed by atoms with Crippen LogP contribution in [-0.2, 0) is 6.42 Å². The van der Waals surface area contributed by atoms with Gasteiger partial charge in [0, 0.05) is 23.2 Å². The standard InChI is InChI=1S/C31H34N4O5/c1-31(2,17-16-22-8-12-26(13-9-22)40-27-14-10-23(11-15-27)29(32)37)33-18-25(36)21-39-28-19-34-35(20-28)30(38)24-6-4-3-5-7-24/h3-15,19-20,25,33,36H,16-18,21H2,1-2H3,(H2,32,37). The molecule has 0 aliphatic rings. The maximum Gasteiger partial charge on any atom is 0.278 e. The van der Waals surface area contributed by atoms with Crippen LogP contribution >= 0.6 is 0 Å². The Morgan fingerprint density at radius 3 is 2.25 bits per heavy atom. The third-order valence-electron chi connectivity index (χ3n) is 6.38. The first-order valence-corrected chi connectivity index (χ1v) is 13.1. The van der Waals surface area contributed by atoms with Crippen LogP contribution in [0, 0.1) is 0 Å². The molecular weight excluding hydrogens is 508 g/mol. The topological polar surface area (TPSA) is 129 Å². The molecule has 1 unspecified atom stereocenters. The van der Waals surface area contributed by atoms with Gasteiger partial charge in [0.25, 0.3) is 5.91 Å². The number of aryl methyl sites for hydroxylation is 1. The van der Waals surface area contributed by atoms with Crippen molar-refractivity contribution in [3.8, 4) is 17.2 Å². The lowest BCUT2D eigenvalue weighted by atomic mass is 9.95. The van der Waals surface area contributed by atoms with Crippen LogP contribution < -0.4 is 20.5 Å². The van der Waals surface area contributed by atoms with Crippen molar-refractivity contribution < 1.29 is 24.2 Å². The fraction of sp³-hybridized carbons (Fsp3) is 0.258. The summed E-state index contributed by atoms with van der Waals surface area (Å²) in [6, 6.07) is 23.4. The Balaban J connectivity index is 1.18. The molecule has 208 valence electrons. The minimum Gasteiger partial charge on any atom is -0.488 e. The van der Waals surface area contributed by atoms with Crippen molar-refractivity contribution in [1.29, 1.82) is 0 Å². The highest BCUT2D eigenvalue weighted by molar-refractivity contribution is 5.95. The van der Waals surface area contributed by atoms with Crippen molar-refractivity contribution in [2.75, 3.05) is 13.2 Å². The fourth-order valence-electron chi connectivity index (χ4n) is 3.94. The predicted octanol–water partition coefficient (Wildman–Crippen LogP) is 4.20. The van der Waals surface area contributed by atoms with Gasteiger partial charge in [-0.05, 0) is 80.8 Å². The van der Waals surface area contributed by atoms with E-state index in [0.29, 0.717) is 34.9 Å². The molecule has 1 aromatic heterocycles. The van der Waals surface area contributed by atoms with E-state index < -0.39 is 12.0 Å². The zero-order valence-corrected chi connectivity index (χ0v) is 22.6. The van der Waals surface area contributed by atoms with Crippen LogP contribution in [0.1, 0.15) is 46.5 Å². The molecule has 0 fully saturated rings. The van der Waals surface area contributed by atoms with Crippen LogP contribution in [0.3, 0.4) is 0 Å². The highest BCUT2D eigenvalue weighted by Crippen LogP contribution is 2.23. The highest BCUT2D eigenvalue weighted by Gasteiger charge is 2.19. The molecule has 0 saturated carbocycles. The van der Waals surface area contributed by atoms with Gasteiger partial charge in [0.05, 0.1) is 12.4 Å². The van der Waals surface area contributed by atoms with Gasteiger partial charge in [-0.3, -0.25) is 9.59 Å². The molecule has 40 heavy (non-hydrogen) atoms. The Hall–Kier alpha value is -4.47. The van der Waals surface area contributed by atoms with Gasteiger partial charge in [0.15, 0.2) is 5.75 Å². The van der Waals surface area contributed by atoms with Crippen molar-refractivity contribution in [3.05, 3.63) is 108 Å². The lowest BCUT2D eigenvalue weighted by Gasteiger charge is -2.28. The van der Waals surface area contributed by atoms with Crippen LogP contribution in [0.15, 0.2) is 91.3 Å². The van der Waals surface area contributed by atoms with Crippen LogP contribution in [-0.4, -0.2) is 51.5 Å². The largest absolute Gasteiger partial charge is 0.488 e. The van der Waals surface area contributed by atoms with Crippen molar-refractivity contribution in [2.24, 2.45) is 5.73 Å². The second-order valence-electron chi connectivity index (χ2n) is 10.2. The molecule has 4 rings (SSSR count). The quantitative estimate of drug-likeness (QED) is 0.231. The average molecular weight is 543 g/mol. The molecule has 0 bridgehead atoms. The first-order chi connectivity index (χ1) is 19.2. The number of nitrogens with zero attached hydrogens (tertiary/aromatic N) is 2. The molecular formula is C31H34N4O5. The zero-order valence-electron chi connectivity index (χ0n) is 22.6. The molecule has 4 aromatic rings. The molecule has 0 radical (unpaired) electrons. The van der Waals surface area contributed by atoms with E-state index in [1.54, 1.807) is 48.5 Å². The van der Waals surface area contributed by atoms with Gasteiger partial charge in [0.2, 0.25) is 5.91 Å². The third kappa shape index (κ3) is 8.26. The van der Waals surface area contributed by atoms with Crippen molar-refractivity contribution in [3.63, 3.8) is 0 Å². The number of hydrogen-bond donors (Lipinski definition) is 3. The molecule has 1 heterocycles. The Labute approximate surface area is 233 Å². The number of aliphatic hydroxyl groups is 1. The normalized spacial score (nSPS) is 12.1. The maximum absolute atomic E-state index is 12.5. The number of carbonyl (C=O) groups is 2. The molecule has 0 aliphatic carbocycles. The number of nitrogens with one attached hydrogen (secondary N) is 1. The number of carbonyl (C=O) groups excluding carboxylic acids is 2. The summed E-state index contributed by atoms with van der Waals surface area (Å²) in [4.78, 5) is 23.7. The van der Waals surface area contributed by atoms with E-state index >= 15 is 0 Å². The number of ether oxygens (including phenoxy) is 2. The number of rotatable bonds is 13. The van der Waals surface area contributed by atoms with E-state index in [1.165, 1.54) is 17.1 Å². The van der Waals surface area contributed by atoms with E-state index in [2.05, 4.69) is 24.3 Å². The Morgan fingerprint density at radius 1 is 0.950 bits per heavy atom. The molecule has 4 N–H and O–H groups in total. The fourth-order valence-corrected chi connectivity index (χ4v) is 3.94. The minimum atomic E-state index is -0.735. The van der Waals surface area contributed by atoms with Crippen LogP contribution in [0.4, 0.5) is 0 Å². The summed E-state index contributed by atoms with van der Waals surface area (Å²) >= 11 is 0. The molecule has 0 saturated heterocycles. The van der Waals surface area contributed by atoms with Crippen LogP contribution in [0.5, 0.6) is 17.2 Å². The Bertz CT molecular complexity index is 1400. The third-order valence-corrected chi connectivity index (χ3v) is 6.38. The van der Waals surface area contributed by atoms with Gasteiger partial charge in [-0.2, -0.15) is 5.10 Å². The SMILES string of the molecule is CC(C)(CCc1ccc(Oc2ccc(C(N)=O)cc2)cc1)NCC(O)COc1cnn(C(=O)c2ccccc2)c1. The van der Waals surface area contributed by atoms with Gasteiger partial charge in [-0.25, -0.2) is 4.68 Å². The summed E-state index contributed by atoms with van der Waals surface area (Å²) in [5.74, 6) is 1.01. The van der Waals surface area contributed by atoms with Gasteiger partial charge < -0.3 is 25.6 Å². The van der Waals surface area contributed by atoms with Gasteiger partial charge in [-0.1, -0.05) is 30.3 Å². The molecule has 9 nitrogen and oxygen atoms in total. The van der Waals surface area contributed by atoms with Crippen molar-refractivity contribution >= 4 is 11.8 Å². The smallest absolute Gasteiger partial charge is 0.278 e. The van der Waals surface area contributed by atoms with E-state index in [1.807, 2.05) is 30.3 Å². The number of nitrogens with two attached hydrogens (primary N) is 1. The first-order valence-electron chi connectivity index (χ1n) is 13.1. The Kier molecular flexibility index (Phi) is 9.31. The van der Waals surface area contributed by atoms with Gasteiger partial charge in [0.1, 0.15) is 24.2 Å². The maximum atomic E-state index is 12.5. The summed E-state index contributed by atoms with van der Waals surface area (Å²) in [6.07, 6.45) is 3.93. The second kappa shape index (κ2) is 13.1. The second-order valence-corrected chi connectivity index (χ2v) is 10.2. The summed E-state index contributed by atoms with van der Waals surface area (Å²) in [5, 5.41) is 17.9. The molecule has 9 heteroatoms. The van der Waals surface area contributed by atoms with E-state index in [4.69, 9.17) is 15.2 Å². The van der Waals surface area contributed by atoms with E-state index in [9.17, 15) is 14.7 Å². The number of hydrogen-bond acceptors (Lipinski definition) is 7. The number of amides is 1. The van der Waals surface area contributed by atoms with E-state index in [-0.39, 0.29) is 18.1 Å². The molecule has 1 atom stereocenters. The summed E-state index contributed by atoms with van der Waals surface area (Å²) in [5.41, 5.74) is 7.18. The number of aliphatic hydroxyl groups excluding tert-OH is 1. The lowest BCUT2D eigenvalue weighted by Crippen LogP contribution is -2.45. The number of benzene rings is 3. The Morgan fingerprint density at radius 2 is 1.60 bits per heavy atom. The summed E-state index contributed by atoms with van der Waals surface area (Å²) < 4.78 is 12.7. The number of aromatic nitrogens is 2. The zero-order chi connectivity index (χ0) is 28.5. The monoisotopic (exact) mass is 542 g/mol. The molecule has 1 amide bonds. The summed E-state index contributed by atoms with van der Waals surface area (Å²) in [6.45, 7) is 4.60. The summed E-state index contributed by atoms with van der Waals surface area (Å²) in [7, 11) is 0. The molecule has 0 spiro atoms. The van der Waals surface area contributed by atoms with Crippen LogP contribution in [0.25, 0.3) is 0 Å². The average Bonchev–Trinajstić information content (AvgIpc) is 3.44.